The van der Waals surface area contributed by atoms with Crippen molar-refractivity contribution in [1.82, 2.24) is 15.3 Å². The Morgan fingerprint density at radius 2 is 2.04 bits per heavy atom. The molecule has 28 heavy (non-hydrogen) atoms. The summed E-state index contributed by atoms with van der Waals surface area (Å²) in [5.41, 5.74) is 2.92. The van der Waals surface area contributed by atoms with Crippen molar-refractivity contribution in [3.63, 3.8) is 0 Å². The molecule has 0 atom stereocenters. The second-order valence-corrected chi connectivity index (χ2v) is 8.34. The molecular formula is C21H21ClN4OS. The molecule has 144 valence electrons. The second kappa shape index (κ2) is 8.39. The van der Waals surface area contributed by atoms with Crippen LogP contribution < -0.4 is 10.6 Å². The molecule has 7 heteroatoms. The summed E-state index contributed by atoms with van der Waals surface area (Å²) in [7, 11) is 0. The van der Waals surface area contributed by atoms with Crippen LogP contribution in [0.25, 0.3) is 21.7 Å². The Kier molecular flexibility index (Phi) is 5.71. The van der Waals surface area contributed by atoms with E-state index >= 15 is 0 Å². The van der Waals surface area contributed by atoms with Crippen LogP contribution in [0.5, 0.6) is 0 Å². The molecule has 1 fully saturated rings. The highest BCUT2D eigenvalue weighted by Crippen LogP contribution is 2.41. The zero-order valence-corrected chi connectivity index (χ0v) is 17.1. The third-order valence-electron chi connectivity index (χ3n) is 4.76. The van der Waals surface area contributed by atoms with Gasteiger partial charge in [0.05, 0.1) is 15.6 Å². The van der Waals surface area contributed by atoms with Crippen molar-refractivity contribution in [3.05, 3.63) is 52.6 Å². The van der Waals surface area contributed by atoms with E-state index < -0.39 is 0 Å². The Bertz CT molecular complexity index is 998. The molecule has 0 radical (unpaired) electrons. The third-order valence-corrected chi connectivity index (χ3v) is 6.26. The van der Waals surface area contributed by atoms with Gasteiger partial charge in [-0.3, -0.25) is 4.79 Å². The largest absolute Gasteiger partial charge is 0.317 e. The van der Waals surface area contributed by atoms with E-state index in [9.17, 15) is 4.79 Å². The number of rotatable bonds is 4. The lowest BCUT2D eigenvalue weighted by atomic mass is 9.99. The fourth-order valence-corrected chi connectivity index (χ4v) is 4.87. The van der Waals surface area contributed by atoms with Crippen LogP contribution >= 0.6 is 22.9 Å². The molecule has 0 aliphatic carbocycles. The van der Waals surface area contributed by atoms with Gasteiger partial charge in [0.1, 0.15) is 5.82 Å². The summed E-state index contributed by atoms with van der Waals surface area (Å²) in [6.07, 6.45) is 3.90. The molecule has 1 saturated heterocycles. The molecular weight excluding hydrogens is 392 g/mol. The predicted molar refractivity (Wildman–Crippen MR) is 115 cm³/mol. The summed E-state index contributed by atoms with van der Waals surface area (Å²) < 4.78 is 0. The van der Waals surface area contributed by atoms with Crippen molar-refractivity contribution in [1.29, 1.82) is 0 Å². The lowest BCUT2D eigenvalue weighted by Gasteiger charge is -2.20. The van der Waals surface area contributed by atoms with E-state index in [2.05, 4.69) is 15.6 Å². The van der Waals surface area contributed by atoms with Gasteiger partial charge < -0.3 is 10.6 Å². The SMILES string of the molecule is CC(=O)Nc1cc(-c2sc(C3CCNCC3)nc2-c2cccc(Cl)c2)ccn1. The molecule has 0 saturated carbocycles. The summed E-state index contributed by atoms with van der Waals surface area (Å²) in [6, 6.07) is 11.6. The molecule has 1 amide bonds. The Hall–Kier alpha value is -2.28. The summed E-state index contributed by atoms with van der Waals surface area (Å²) in [4.78, 5) is 21.8. The van der Waals surface area contributed by atoms with Crippen LogP contribution in [0.4, 0.5) is 5.82 Å². The first-order valence-corrected chi connectivity index (χ1v) is 10.5. The molecule has 0 bridgehead atoms. The van der Waals surface area contributed by atoms with Crippen molar-refractivity contribution in [2.45, 2.75) is 25.7 Å². The summed E-state index contributed by atoms with van der Waals surface area (Å²) in [5.74, 6) is 0.868. The average Bonchev–Trinajstić information content (AvgIpc) is 3.14. The standard InChI is InChI=1S/C21H21ClN4OS/c1-13(27)25-18-12-16(7-10-24-18)20-19(15-3-2-4-17(22)11-15)26-21(28-20)14-5-8-23-9-6-14/h2-4,7,10-12,14,23H,5-6,8-9H2,1H3,(H,24,25,27). The highest BCUT2D eigenvalue weighted by atomic mass is 35.5. The van der Waals surface area contributed by atoms with Crippen LogP contribution in [-0.4, -0.2) is 29.0 Å². The molecule has 0 spiro atoms. The van der Waals surface area contributed by atoms with Crippen LogP contribution in [0.3, 0.4) is 0 Å². The lowest BCUT2D eigenvalue weighted by molar-refractivity contribution is -0.114. The molecule has 1 aromatic carbocycles. The summed E-state index contributed by atoms with van der Waals surface area (Å²) in [5, 5.41) is 8.02. The number of benzene rings is 1. The number of halogens is 1. The number of carbonyl (C=O) groups excluding carboxylic acids is 1. The minimum atomic E-state index is -0.139. The Morgan fingerprint density at radius 1 is 1.21 bits per heavy atom. The maximum absolute atomic E-state index is 11.4. The number of nitrogens with one attached hydrogen (secondary N) is 2. The van der Waals surface area contributed by atoms with Gasteiger partial charge in [0, 0.05) is 29.6 Å². The van der Waals surface area contributed by atoms with E-state index in [0.717, 1.165) is 52.6 Å². The number of amides is 1. The number of pyridine rings is 1. The van der Waals surface area contributed by atoms with Crippen LogP contribution in [0.15, 0.2) is 42.6 Å². The fourth-order valence-electron chi connectivity index (χ4n) is 3.43. The lowest BCUT2D eigenvalue weighted by Crippen LogP contribution is -2.26. The van der Waals surface area contributed by atoms with Crippen LogP contribution in [0.2, 0.25) is 5.02 Å². The van der Waals surface area contributed by atoms with Gasteiger partial charge >= 0.3 is 0 Å². The molecule has 3 aromatic rings. The van der Waals surface area contributed by atoms with Crippen molar-refractivity contribution < 1.29 is 4.79 Å². The van der Waals surface area contributed by atoms with E-state index in [-0.39, 0.29) is 5.91 Å². The molecule has 5 nitrogen and oxygen atoms in total. The molecule has 4 rings (SSSR count). The first-order valence-electron chi connectivity index (χ1n) is 9.31. The van der Waals surface area contributed by atoms with Gasteiger partial charge in [-0.1, -0.05) is 23.7 Å². The number of anilines is 1. The number of hydrogen-bond acceptors (Lipinski definition) is 5. The zero-order valence-electron chi connectivity index (χ0n) is 15.5. The molecule has 3 heterocycles. The predicted octanol–water partition coefficient (Wildman–Crippen LogP) is 4.95. The highest BCUT2D eigenvalue weighted by molar-refractivity contribution is 7.15. The maximum Gasteiger partial charge on any atom is 0.222 e. The van der Waals surface area contributed by atoms with Gasteiger partial charge in [-0.05, 0) is 55.8 Å². The third kappa shape index (κ3) is 4.24. The molecule has 1 aliphatic heterocycles. The molecule has 1 aliphatic rings. The van der Waals surface area contributed by atoms with Crippen LogP contribution in [0, 0.1) is 0 Å². The van der Waals surface area contributed by atoms with Crippen molar-refractivity contribution in [3.8, 4) is 21.7 Å². The minimum Gasteiger partial charge on any atom is -0.317 e. The molecule has 0 unspecified atom stereocenters. The number of hydrogen-bond donors (Lipinski definition) is 2. The summed E-state index contributed by atoms with van der Waals surface area (Å²) in [6.45, 7) is 3.52. The van der Waals surface area contributed by atoms with E-state index in [0.29, 0.717) is 16.8 Å². The molecule has 2 aromatic heterocycles. The van der Waals surface area contributed by atoms with Crippen molar-refractivity contribution >= 4 is 34.7 Å². The van der Waals surface area contributed by atoms with Gasteiger partial charge in [0.2, 0.25) is 5.91 Å². The zero-order chi connectivity index (χ0) is 19.5. The van der Waals surface area contributed by atoms with Crippen LogP contribution in [-0.2, 0) is 4.79 Å². The van der Waals surface area contributed by atoms with Gasteiger partial charge in [0.25, 0.3) is 0 Å². The number of nitrogens with zero attached hydrogens (tertiary/aromatic N) is 2. The first-order chi connectivity index (χ1) is 13.6. The topological polar surface area (TPSA) is 66.9 Å². The van der Waals surface area contributed by atoms with Gasteiger partial charge in [-0.15, -0.1) is 11.3 Å². The quantitative estimate of drug-likeness (QED) is 0.636. The first kappa shape index (κ1) is 19.1. The number of thiazole rings is 1. The van der Waals surface area contributed by atoms with Crippen molar-refractivity contribution in [2.75, 3.05) is 18.4 Å². The second-order valence-electron chi connectivity index (χ2n) is 6.88. The van der Waals surface area contributed by atoms with Gasteiger partial charge in [0.15, 0.2) is 0 Å². The fraction of sp³-hybridized carbons (Fsp3) is 0.286. The Morgan fingerprint density at radius 3 is 2.79 bits per heavy atom. The van der Waals surface area contributed by atoms with E-state index in [4.69, 9.17) is 16.6 Å². The van der Waals surface area contributed by atoms with Crippen molar-refractivity contribution in [2.24, 2.45) is 0 Å². The number of aromatic nitrogens is 2. The number of piperidine rings is 1. The maximum atomic E-state index is 11.4. The normalized spacial score (nSPS) is 14.8. The van der Waals surface area contributed by atoms with E-state index in [1.54, 1.807) is 17.5 Å². The van der Waals surface area contributed by atoms with E-state index in [1.165, 1.54) is 6.92 Å². The number of carbonyl (C=O) groups is 1. The minimum absolute atomic E-state index is 0.139. The van der Waals surface area contributed by atoms with E-state index in [1.807, 2.05) is 36.4 Å². The van der Waals surface area contributed by atoms with Crippen LogP contribution in [0.1, 0.15) is 30.7 Å². The monoisotopic (exact) mass is 412 g/mol. The Balaban J connectivity index is 1.80. The average molecular weight is 413 g/mol. The molecule has 2 N–H and O–H groups in total. The smallest absolute Gasteiger partial charge is 0.222 e. The van der Waals surface area contributed by atoms with Gasteiger partial charge in [-0.2, -0.15) is 0 Å². The Labute approximate surface area is 173 Å². The van der Waals surface area contributed by atoms with Gasteiger partial charge in [-0.25, -0.2) is 9.97 Å². The summed E-state index contributed by atoms with van der Waals surface area (Å²) >= 11 is 7.97. The highest BCUT2D eigenvalue weighted by Gasteiger charge is 2.23.